The van der Waals surface area contributed by atoms with Crippen molar-refractivity contribution in [3.8, 4) is 28.6 Å². The predicted molar refractivity (Wildman–Crippen MR) is 129 cm³/mol. The lowest BCUT2D eigenvalue weighted by atomic mass is 10.1. The molecular weight excluding hydrogens is 436 g/mol. The number of fused-ring (bicyclic) bond motifs is 3. The van der Waals surface area contributed by atoms with Crippen molar-refractivity contribution in [2.75, 3.05) is 26.2 Å². The monoisotopic (exact) mass is 458 g/mol. The van der Waals surface area contributed by atoms with Crippen LogP contribution in [0.3, 0.4) is 0 Å². The van der Waals surface area contributed by atoms with Crippen LogP contribution in [-0.4, -0.2) is 55.9 Å². The molecule has 33 heavy (non-hydrogen) atoms. The molecule has 0 aliphatic carbocycles. The van der Waals surface area contributed by atoms with Crippen LogP contribution in [0.5, 0.6) is 5.75 Å². The first-order valence-electron chi connectivity index (χ1n) is 10.9. The number of hydrogen-bond donors (Lipinski definition) is 3. The van der Waals surface area contributed by atoms with Crippen molar-refractivity contribution in [3.05, 3.63) is 59.4 Å². The van der Waals surface area contributed by atoms with Gasteiger partial charge in [0.25, 0.3) is 10.7 Å². The van der Waals surface area contributed by atoms with E-state index in [1.54, 1.807) is 22.9 Å². The Morgan fingerprint density at radius 3 is 2.73 bits per heavy atom. The Morgan fingerprint density at radius 2 is 1.88 bits per heavy atom. The molecule has 5 aromatic rings. The van der Waals surface area contributed by atoms with Gasteiger partial charge in [0.15, 0.2) is 0 Å². The van der Waals surface area contributed by atoms with Crippen molar-refractivity contribution >= 4 is 34.0 Å². The maximum Gasteiger partial charge on any atom is 0.288 e. The maximum atomic E-state index is 10.1. The number of rotatable bonds is 4. The largest absolute Gasteiger partial charge is 0.508 e. The fourth-order valence-corrected chi connectivity index (χ4v) is 4.54. The zero-order valence-electron chi connectivity index (χ0n) is 17.8. The lowest BCUT2D eigenvalue weighted by Gasteiger charge is -2.26. The minimum Gasteiger partial charge on any atom is -0.508 e. The summed E-state index contributed by atoms with van der Waals surface area (Å²) in [5, 5.41) is 20.2. The van der Waals surface area contributed by atoms with Crippen LogP contribution in [0.25, 0.3) is 44.6 Å². The third-order valence-electron chi connectivity index (χ3n) is 5.98. The normalized spacial score (nSPS) is 14.9. The summed E-state index contributed by atoms with van der Waals surface area (Å²) in [4.78, 5) is 11.0. The topological polar surface area (TPSA) is 95.1 Å². The highest BCUT2D eigenvalue weighted by Gasteiger charge is 2.19. The lowest BCUT2D eigenvalue weighted by Crippen LogP contribution is -2.44. The van der Waals surface area contributed by atoms with Crippen LogP contribution >= 0.6 is 12.2 Å². The molecule has 1 saturated heterocycles. The molecule has 0 amide bonds. The smallest absolute Gasteiger partial charge is 0.288 e. The summed E-state index contributed by atoms with van der Waals surface area (Å²) in [6.45, 7) is 4.35. The minimum atomic E-state index is 0.182. The molecule has 6 rings (SSSR count). The second-order valence-electron chi connectivity index (χ2n) is 8.18. The van der Waals surface area contributed by atoms with E-state index in [9.17, 15) is 5.11 Å². The average molecular weight is 459 g/mol. The number of hydrogen-bond acceptors (Lipinski definition) is 7. The summed E-state index contributed by atoms with van der Waals surface area (Å²) >= 11 is 5.47. The van der Waals surface area contributed by atoms with Crippen LogP contribution in [0.2, 0.25) is 0 Å². The maximum absolute atomic E-state index is 10.1. The van der Waals surface area contributed by atoms with Crippen LogP contribution in [0.1, 0.15) is 0 Å². The Balaban J connectivity index is 1.51. The lowest BCUT2D eigenvalue weighted by molar-refractivity contribution is 0.180. The number of aromatic amines is 1. The molecule has 1 fully saturated rings. The van der Waals surface area contributed by atoms with Crippen molar-refractivity contribution < 1.29 is 9.52 Å². The van der Waals surface area contributed by atoms with Gasteiger partial charge in [-0.1, -0.05) is 30.3 Å². The molecule has 0 saturated carbocycles. The number of piperazine rings is 1. The molecule has 0 radical (unpaired) electrons. The third kappa shape index (κ3) is 3.70. The van der Waals surface area contributed by atoms with Crippen molar-refractivity contribution in [1.82, 2.24) is 30.0 Å². The number of H-pyrrole nitrogens is 1. The Labute approximate surface area is 194 Å². The molecule has 8 nitrogen and oxygen atoms in total. The molecule has 3 N–H and O–H groups in total. The van der Waals surface area contributed by atoms with Crippen LogP contribution in [0.15, 0.2) is 59.0 Å². The van der Waals surface area contributed by atoms with E-state index in [1.165, 1.54) is 0 Å². The number of nitrogens with one attached hydrogen (secondary N) is 2. The van der Waals surface area contributed by atoms with Crippen molar-refractivity contribution in [2.24, 2.45) is 0 Å². The number of benzene rings is 2. The van der Waals surface area contributed by atoms with Gasteiger partial charge in [0, 0.05) is 48.0 Å². The van der Waals surface area contributed by atoms with Gasteiger partial charge in [0.1, 0.15) is 11.4 Å². The van der Waals surface area contributed by atoms with Gasteiger partial charge in [-0.05, 0) is 36.5 Å². The average Bonchev–Trinajstić information content (AvgIpc) is 3.39. The number of phenols is 1. The van der Waals surface area contributed by atoms with Gasteiger partial charge >= 0.3 is 0 Å². The van der Waals surface area contributed by atoms with Crippen LogP contribution in [0.4, 0.5) is 0 Å². The Morgan fingerprint density at radius 1 is 1.03 bits per heavy atom. The first-order valence-corrected chi connectivity index (χ1v) is 11.3. The molecule has 0 atom stereocenters. The molecular formula is C24H22N6O2S. The molecule has 0 spiro atoms. The first kappa shape index (κ1) is 20.1. The number of aromatic nitrogens is 4. The van der Waals surface area contributed by atoms with E-state index in [1.807, 2.05) is 30.3 Å². The van der Waals surface area contributed by atoms with Crippen LogP contribution < -0.4 is 5.32 Å². The summed E-state index contributed by atoms with van der Waals surface area (Å²) in [5.74, 6) is 0.561. The fraction of sp³-hybridized carbons (Fsp3) is 0.208. The highest BCUT2D eigenvalue weighted by Crippen LogP contribution is 2.35. The summed E-state index contributed by atoms with van der Waals surface area (Å²) in [5.41, 5.74) is 4.01. The predicted octanol–water partition coefficient (Wildman–Crippen LogP) is 4.14. The standard InChI is InChI=1S/C24H22N6O2S/c31-16-5-3-4-15(12-16)21-22-18(17-6-1-2-7-19(17)26-22)13-20(27-21)23-28-30(24(33)32-23)14-29-10-8-25-9-11-29/h1-7,12-13,25-26,31H,8-11,14H2. The number of nitrogens with zero attached hydrogens (tertiary/aromatic N) is 4. The Kier molecular flexibility index (Phi) is 4.94. The molecule has 1 aliphatic rings. The van der Waals surface area contributed by atoms with E-state index in [0.717, 1.165) is 53.5 Å². The Hall–Kier alpha value is -3.53. The highest BCUT2D eigenvalue weighted by atomic mass is 32.1. The number of phenolic OH excluding ortho intramolecular Hbond substituents is 1. The third-order valence-corrected chi connectivity index (χ3v) is 6.28. The minimum absolute atomic E-state index is 0.182. The van der Waals surface area contributed by atoms with E-state index in [4.69, 9.17) is 21.6 Å². The zero-order chi connectivity index (χ0) is 22.4. The van der Waals surface area contributed by atoms with E-state index < -0.39 is 0 Å². The van der Waals surface area contributed by atoms with Gasteiger partial charge in [-0.2, -0.15) is 0 Å². The molecule has 1 aliphatic heterocycles. The summed E-state index contributed by atoms with van der Waals surface area (Å²) < 4.78 is 7.61. The highest BCUT2D eigenvalue weighted by molar-refractivity contribution is 7.71. The van der Waals surface area contributed by atoms with Gasteiger partial charge in [0.05, 0.1) is 17.9 Å². The summed E-state index contributed by atoms with van der Waals surface area (Å²) in [7, 11) is 0. The molecule has 0 unspecified atom stereocenters. The molecule has 3 aromatic heterocycles. The molecule has 0 bridgehead atoms. The van der Waals surface area contributed by atoms with E-state index in [2.05, 4.69) is 26.4 Å². The summed E-state index contributed by atoms with van der Waals surface area (Å²) in [6, 6.07) is 17.2. The van der Waals surface area contributed by atoms with Gasteiger partial charge in [-0.3, -0.25) is 4.90 Å². The number of para-hydroxylation sites is 1. The molecule has 2 aromatic carbocycles. The van der Waals surface area contributed by atoms with E-state index >= 15 is 0 Å². The van der Waals surface area contributed by atoms with Crippen molar-refractivity contribution in [3.63, 3.8) is 0 Å². The molecule has 4 heterocycles. The van der Waals surface area contributed by atoms with E-state index in [0.29, 0.717) is 28.8 Å². The van der Waals surface area contributed by atoms with Gasteiger partial charge < -0.3 is 19.8 Å². The summed E-state index contributed by atoms with van der Waals surface area (Å²) in [6.07, 6.45) is 0. The van der Waals surface area contributed by atoms with E-state index in [-0.39, 0.29) is 5.75 Å². The fourth-order valence-electron chi connectivity index (χ4n) is 4.36. The quantitative estimate of drug-likeness (QED) is 0.349. The number of pyridine rings is 1. The second kappa shape index (κ2) is 8.11. The first-order chi connectivity index (χ1) is 16.2. The molecule has 166 valence electrons. The van der Waals surface area contributed by atoms with Crippen molar-refractivity contribution in [1.29, 1.82) is 0 Å². The van der Waals surface area contributed by atoms with Gasteiger partial charge in [0.2, 0.25) is 0 Å². The molecule has 9 heteroatoms. The van der Waals surface area contributed by atoms with Crippen LogP contribution in [0, 0.1) is 4.84 Å². The van der Waals surface area contributed by atoms with Crippen LogP contribution in [-0.2, 0) is 6.67 Å². The van der Waals surface area contributed by atoms with Gasteiger partial charge in [-0.15, -0.1) is 5.10 Å². The Bertz CT molecular complexity index is 1530. The zero-order valence-corrected chi connectivity index (χ0v) is 18.6. The SMILES string of the molecule is Oc1cccc(-c2nc(-c3nn(CN4CCNCC4)c(=S)o3)cc3c2[nH]c2ccccc23)c1. The number of aromatic hydroxyl groups is 1. The van der Waals surface area contributed by atoms with Crippen molar-refractivity contribution in [2.45, 2.75) is 6.67 Å². The van der Waals surface area contributed by atoms with Gasteiger partial charge in [-0.25, -0.2) is 9.67 Å². The second-order valence-corrected chi connectivity index (χ2v) is 8.53.